The first-order chi connectivity index (χ1) is 19.8. The first-order valence-electron chi connectivity index (χ1n) is 13.6. The molecule has 0 aliphatic heterocycles. The lowest BCUT2D eigenvalue weighted by atomic mass is 9.97. The van der Waals surface area contributed by atoms with Gasteiger partial charge in [-0.25, -0.2) is 0 Å². The van der Waals surface area contributed by atoms with Crippen molar-refractivity contribution in [1.29, 1.82) is 0 Å². The van der Waals surface area contributed by atoms with Crippen LogP contribution in [-0.4, -0.2) is 0 Å². The van der Waals surface area contributed by atoms with E-state index in [9.17, 15) is 0 Å². The second-order valence-electron chi connectivity index (χ2n) is 10.5. The van der Waals surface area contributed by atoms with Crippen LogP contribution in [0, 0.1) is 0 Å². The summed E-state index contributed by atoms with van der Waals surface area (Å²) in [5.41, 5.74) is 7.95. The summed E-state index contributed by atoms with van der Waals surface area (Å²) in [6.45, 7) is 0. The fourth-order valence-electron chi connectivity index (χ4n) is 6.33. The molecular weight excluding hydrogens is 488 g/mol. The largest absolute Gasteiger partial charge is 0.452 e. The van der Waals surface area contributed by atoms with Crippen molar-refractivity contribution in [3.05, 3.63) is 133 Å². The average molecular weight is 511 g/mol. The smallest absolute Gasteiger partial charge is 0.179 e. The third-order valence-corrected chi connectivity index (χ3v) is 8.24. The molecule has 0 bridgehead atoms. The van der Waals surface area contributed by atoms with E-state index < -0.39 is 0 Å². The summed E-state index contributed by atoms with van der Waals surface area (Å²) < 4.78 is 13.3. The molecule has 0 amide bonds. The fraction of sp³-hybridized carbons (Fsp3) is 0. The highest BCUT2D eigenvalue weighted by Crippen LogP contribution is 2.45. The van der Waals surface area contributed by atoms with Crippen molar-refractivity contribution in [2.75, 3.05) is 0 Å². The molecular formula is C38H22O2. The molecule has 0 aliphatic carbocycles. The molecule has 186 valence electrons. The van der Waals surface area contributed by atoms with Gasteiger partial charge in [0.25, 0.3) is 0 Å². The maximum Gasteiger partial charge on any atom is 0.179 e. The highest BCUT2D eigenvalue weighted by Gasteiger charge is 2.21. The van der Waals surface area contributed by atoms with Crippen LogP contribution in [0.5, 0.6) is 0 Å². The minimum atomic E-state index is 0.803. The van der Waals surface area contributed by atoms with E-state index in [1.807, 2.05) is 6.07 Å². The Bertz CT molecular complexity index is 2420. The first kappa shape index (κ1) is 21.6. The van der Waals surface area contributed by atoms with E-state index >= 15 is 0 Å². The molecule has 0 radical (unpaired) electrons. The normalized spacial score (nSPS) is 12.0. The van der Waals surface area contributed by atoms with Gasteiger partial charge in [-0.1, -0.05) is 103 Å². The number of rotatable bonds is 2. The van der Waals surface area contributed by atoms with Gasteiger partial charge in [0.1, 0.15) is 11.2 Å². The molecule has 9 rings (SSSR count). The van der Waals surface area contributed by atoms with Crippen LogP contribution >= 0.6 is 0 Å². The Morgan fingerprint density at radius 1 is 0.325 bits per heavy atom. The molecule has 0 atom stereocenters. The fourth-order valence-corrected chi connectivity index (χ4v) is 6.33. The van der Waals surface area contributed by atoms with Gasteiger partial charge in [0.15, 0.2) is 11.2 Å². The molecule has 0 aliphatic rings. The van der Waals surface area contributed by atoms with Crippen LogP contribution in [0.3, 0.4) is 0 Å². The molecule has 7 aromatic carbocycles. The molecule has 2 heterocycles. The lowest BCUT2D eigenvalue weighted by Crippen LogP contribution is -1.80. The van der Waals surface area contributed by atoms with Crippen molar-refractivity contribution >= 4 is 65.4 Å². The van der Waals surface area contributed by atoms with Gasteiger partial charge in [0, 0.05) is 21.5 Å². The lowest BCUT2D eigenvalue weighted by molar-refractivity contribution is 0.634. The minimum absolute atomic E-state index is 0.803. The molecule has 40 heavy (non-hydrogen) atoms. The number of benzene rings is 7. The summed E-state index contributed by atoms with van der Waals surface area (Å²) in [4.78, 5) is 0. The number of hydrogen-bond donors (Lipinski definition) is 0. The monoisotopic (exact) mass is 510 g/mol. The quantitative estimate of drug-likeness (QED) is 0.231. The second kappa shape index (κ2) is 8.08. The molecule has 9 aromatic rings. The number of fused-ring (bicyclic) bond motifs is 11. The van der Waals surface area contributed by atoms with Gasteiger partial charge in [-0.05, 0) is 74.1 Å². The Labute approximate surface area is 229 Å². The summed E-state index contributed by atoms with van der Waals surface area (Å²) in [5, 5.41) is 9.24. The Balaban J connectivity index is 1.33. The van der Waals surface area contributed by atoms with Gasteiger partial charge in [-0.3, -0.25) is 0 Å². The van der Waals surface area contributed by atoms with E-state index in [1.54, 1.807) is 0 Å². The van der Waals surface area contributed by atoms with Crippen LogP contribution in [0.15, 0.2) is 142 Å². The zero-order valence-corrected chi connectivity index (χ0v) is 21.5. The second-order valence-corrected chi connectivity index (χ2v) is 10.5. The van der Waals surface area contributed by atoms with E-state index in [4.69, 9.17) is 8.83 Å². The van der Waals surface area contributed by atoms with E-state index in [-0.39, 0.29) is 0 Å². The van der Waals surface area contributed by atoms with E-state index in [1.165, 1.54) is 32.7 Å². The maximum absolute atomic E-state index is 6.67. The molecule has 2 heteroatoms. The van der Waals surface area contributed by atoms with Crippen LogP contribution in [0.25, 0.3) is 87.7 Å². The molecule has 0 saturated carbocycles. The van der Waals surface area contributed by atoms with Crippen LogP contribution < -0.4 is 0 Å². The number of hydrogen-bond acceptors (Lipinski definition) is 2. The van der Waals surface area contributed by atoms with Crippen molar-refractivity contribution < 1.29 is 8.83 Å². The molecule has 0 unspecified atom stereocenters. The van der Waals surface area contributed by atoms with Gasteiger partial charge < -0.3 is 8.83 Å². The number of furan rings is 2. The minimum Gasteiger partial charge on any atom is -0.452 e. The van der Waals surface area contributed by atoms with E-state index in [0.29, 0.717) is 0 Å². The van der Waals surface area contributed by atoms with E-state index in [0.717, 1.165) is 55.0 Å². The first-order valence-corrected chi connectivity index (χ1v) is 13.6. The summed E-state index contributed by atoms with van der Waals surface area (Å²) >= 11 is 0. The van der Waals surface area contributed by atoms with E-state index in [2.05, 4.69) is 127 Å². The van der Waals surface area contributed by atoms with Gasteiger partial charge >= 0.3 is 0 Å². The Morgan fingerprint density at radius 2 is 0.825 bits per heavy atom. The summed E-state index contributed by atoms with van der Waals surface area (Å²) in [6.07, 6.45) is 0. The van der Waals surface area contributed by atoms with Crippen LogP contribution in [0.2, 0.25) is 0 Å². The van der Waals surface area contributed by atoms with Crippen LogP contribution in [0.1, 0.15) is 0 Å². The Kier molecular flexibility index (Phi) is 4.36. The molecule has 0 fully saturated rings. The van der Waals surface area contributed by atoms with Gasteiger partial charge in [-0.15, -0.1) is 0 Å². The van der Waals surface area contributed by atoms with Crippen molar-refractivity contribution in [3.8, 4) is 22.3 Å². The van der Waals surface area contributed by atoms with Gasteiger partial charge in [0.05, 0.1) is 0 Å². The van der Waals surface area contributed by atoms with Crippen molar-refractivity contribution in [1.82, 2.24) is 0 Å². The highest BCUT2D eigenvalue weighted by molar-refractivity contribution is 6.33. The predicted molar refractivity (Wildman–Crippen MR) is 167 cm³/mol. The van der Waals surface area contributed by atoms with Crippen LogP contribution in [0.4, 0.5) is 0 Å². The van der Waals surface area contributed by atoms with Gasteiger partial charge in [-0.2, -0.15) is 0 Å². The zero-order valence-electron chi connectivity index (χ0n) is 21.5. The standard InChI is InChI=1S/C38H22O2/c1-2-8-23(9-3-1)27-16-18-31-33(21-27)39-37-35(31)29-12-6-7-13-30(29)36-32-19-17-28(22-34(32)40-38(36)37)26-15-14-24-10-4-5-11-25(24)20-26/h1-22H. The lowest BCUT2D eigenvalue weighted by Gasteiger charge is -2.05. The molecule has 0 spiro atoms. The van der Waals surface area contributed by atoms with Crippen molar-refractivity contribution in [2.24, 2.45) is 0 Å². The average Bonchev–Trinajstić information content (AvgIpc) is 3.60. The summed E-state index contributed by atoms with van der Waals surface area (Å²) in [6, 6.07) is 47.2. The molecule has 0 saturated heterocycles. The third-order valence-electron chi connectivity index (χ3n) is 8.24. The molecule has 2 aromatic heterocycles. The molecule has 0 N–H and O–H groups in total. The SMILES string of the molecule is c1ccc(-c2ccc3c(c2)oc2c4oc5cc(-c6ccc7ccccc7c6)ccc5c4c4ccccc4c32)cc1. The van der Waals surface area contributed by atoms with Gasteiger partial charge in [0.2, 0.25) is 0 Å². The van der Waals surface area contributed by atoms with Crippen molar-refractivity contribution in [2.45, 2.75) is 0 Å². The van der Waals surface area contributed by atoms with Crippen molar-refractivity contribution in [3.63, 3.8) is 0 Å². The topological polar surface area (TPSA) is 26.3 Å². The molecule has 2 nitrogen and oxygen atoms in total. The van der Waals surface area contributed by atoms with Crippen LogP contribution in [-0.2, 0) is 0 Å². The Morgan fingerprint density at radius 3 is 1.48 bits per heavy atom. The predicted octanol–water partition coefficient (Wildman–Crippen LogP) is 11.1. The summed E-state index contributed by atoms with van der Waals surface area (Å²) in [7, 11) is 0. The Hall–Kier alpha value is -5.34. The summed E-state index contributed by atoms with van der Waals surface area (Å²) in [5.74, 6) is 0. The highest BCUT2D eigenvalue weighted by atomic mass is 16.4. The zero-order chi connectivity index (χ0) is 26.2. The maximum atomic E-state index is 6.67. The third kappa shape index (κ3) is 3.05.